The van der Waals surface area contributed by atoms with Crippen LogP contribution in [-0.4, -0.2) is 10.2 Å². The van der Waals surface area contributed by atoms with E-state index >= 15 is 0 Å². The molecular weight excluding hydrogens is 294 g/mol. The van der Waals surface area contributed by atoms with E-state index in [1.165, 1.54) is 0 Å². The van der Waals surface area contributed by atoms with Crippen LogP contribution in [0.2, 0.25) is 5.02 Å². The molecule has 0 saturated carbocycles. The van der Waals surface area contributed by atoms with E-state index in [0.717, 1.165) is 0 Å². The second kappa shape index (κ2) is 4.41. The zero-order chi connectivity index (χ0) is 11.8. The summed E-state index contributed by atoms with van der Waals surface area (Å²) < 4.78 is 3.48. The second-order valence-electron chi connectivity index (χ2n) is 2.89. The van der Waals surface area contributed by atoms with Crippen LogP contribution >= 0.6 is 46.4 Å². The summed E-state index contributed by atoms with van der Waals surface area (Å²) in [7, 11) is 0. The second-order valence-corrected chi connectivity index (χ2v) is 5.58. The monoisotopic (exact) mass is 296 g/mol. The molecule has 0 aliphatic rings. The van der Waals surface area contributed by atoms with Crippen molar-refractivity contribution in [3.63, 3.8) is 0 Å². The lowest BCUT2D eigenvalue weighted by atomic mass is 10.2. The van der Waals surface area contributed by atoms with Gasteiger partial charge in [-0.15, -0.1) is 10.2 Å². The van der Waals surface area contributed by atoms with Crippen LogP contribution in [0, 0.1) is 0 Å². The molecule has 0 N–H and O–H groups in total. The topological polar surface area (TPSA) is 38.9 Å². The zero-order valence-corrected chi connectivity index (χ0v) is 10.6. The highest BCUT2D eigenvalue weighted by Gasteiger charge is 2.30. The smallest absolute Gasteiger partial charge is 0.268 e. The molecule has 1 aromatic heterocycles. The van der Waals surface area contributed by atoms with Crippen molar-refractivity contribution in [2.75, 3.05) is 0 Å². The van der Waals surface area contributed by atoms with E-state index in [2.05, 4.69) is 10.2 Å². The number of hydrogen-bond donors (Lipinski definition) is 0. The standard InChI is InChI=1S/C9H4Cl4N2O/c10-6-4-2-1-3-5(6)7-14-15-8(16-7)9(11,12)13/h1-4H. The molecule has 2 aromatic rings. The molecule has 0 atom stereocenters. The van der Waals surface area contributed by atoms with Gasteiger partial charge in [-0.1, -0.05) is 58.5 Å². The minimum absolute atomic E-state index is 0.0904. The van der Waals surface area contributed by atoms with Crippen molar-refractivity contribution in [3.05, 3.63) is 35.2 Å². The predicted octanol–water partition coefficient (Wildman–Crippen LogP) is 4.22. The Bertz CT molecular complexity index is 506. The number of rotatable bonds is 1. The minimum Gasteiger partial charge on any atom is -0.416 e. The molecule has 0 amide bonds. The maximum atomic E-state index is 5.96. The van der Waals surface area contributed by atoms with Gasteiger partial charge in [0.05, 0.1) is 10.6 Å². The predicted molar refractivity (Wildman–Crippen MR) is 64.0 cm³/mol. The fourth-order valence-corrected chi connectivity index (χ4v) is 1.53. The van der Waals surface area contributed by atoms with Crippen LogP contribution in [0.15, 0.2) is 28.7 Å². The lowest BCUT2D eigenvalue weighted by Crippen LogP contribution is -1.99. The van der Waals surface area contributed by atoms with E-state index in [1.807, 2.05) is 0 Å². The fraction of sp³-hybridized carbons (Fsp3) is 0.111. The van der Waals surface area contributed by atoms with Crippen LogP contribution < -0.4 is 0 Å². The van der Waals surface area contributed by atoms with E-state index in [1.54, 1.807) is 24.3 Å². The summed E-state index contributed by atoms with van der Waals surface area (Å²) in [5.41, 5.74) is 0.595. The molecule has 0 bridgehead atoms. The van der Waals surface area contributed by atoms with Crippen LogP contribution in [0.1, 0.15) is 5.89 Å². The third-order valence-electron chi connectivity index (χ3n) is 1.77. The molecule has 0 unspecified atom stereocenters. The first-order chi connectivity index (χ1) is 7.48. The number of nitrogens with zero attached hydrogens (tertiary/aromatic N) is 2. The molecule has 16 heavy (non-hydrogen) atoms. The summed E-state index contributed by atoms with van der Waals surface area (Å²) in [4.78, 5) is 0. The Kier molecular flexibility index (Phi) is 3.31. The first-order valence-electron chi connectivity index (χ1n) is 4.14. The zero-order valence-electron chi connectivity index (χ0n) is 7.62. The van der Waals surface area contributed by atoms with Gasteiger partial charge < -0.3 is 4.42 Å². The molecule has 0 radical (unpaired) electrons. The van der Waals surface area contributed by atoms with Gasteiger partial charge in [0.1, 0.15) is 0 Å². The van der Waals surface area contributed by atoms with Crippen molar-refractivity contribution >= 4 is 46.4 Å². The average molecular weight is 298 g/mol. The quantitative estimate of drug-likeness (QED) is 0.740. The first-order valence-corrected chi connectivity index (χ1v) is 5.65. The van der Waals surface area contributed by atoms with Crippen molar-refractivity contribution in [3.8, 4) is 11.5 Å². The maximum absolute atomic E-state index is 5.96. The van der Waals surface area contributed by atoms with E-state index in [0.29, 0.717) is 10.6 Å². The van der Waals surface area contributed by atoms with Crippen molar-refractivity contribution in [2.45, 2.75) is 3.79 Å². The summed E-state index contributed by atoms with van der Waals surface area (Å²) in [5, 5.41) is 7.88. The summed E-state index contributed by atoms with van der Waals surface area (Å²) in [6.07, 6.45) is 0. The largest absolute Gasteiger partial charge is 0.416 e. The molecular formula is C9H4Cl4N2O. The van der Waals surface area contributed by atoms with Gasteiger partial charge in [0, 0.05) is 0 Å². The molecule has 0 fully saturated rings. The summed E-state index contributed by atoms with van der Waals surface area (Å²) >= 11 is 22.8. The number of aromatic nitrogens is 2. The highest BCUT2D eigenvalue weighted by molar-refractivity contribution is 6.66. The van der Waals surface area contributed by atoms with Gasteiger partial charge in [0.25, 0.3) is 9.68 Å². The highest BCUT2D eigenvalue weighted by Crippen LogP contribution is 2.38. The molecule has 1 heterocycles. The summed E-state index contributed by atoms with van der Waals surface area (Å²) in [6, 6.07) is 7.02. The fourth-order valence-electron chi connectivity index (χ4n) is 1.08. The number of halogens is 4. The Labute approximate surface area is 111 Å². The van der Waals surface area contributed by atoms with Crippen molar-refractivity contribution in [1.29, 1.82) is 0 Å². The molecule has 0 aliphatic heterocycles. The Hall–Kier alpha value is -0.480. The van der Waals surface area contributed by atoms with Crippen LogP contribution in [0.4, 0.5) is 0 Å². The van der Waals surface area contributed by atoms with Crippen LogP contribution in [0.5, 0.6) is 0 Å². The van der Waals surface area contributed by atoms with Gasteiger partial charge in [-0.05, 0) is 12.1 Å². The summed E-state index contributed by atoms with van der Waals surface area (Å²) in [5.74, 6) is 0.124. The first kappa shape index (κ1) is 12.0. The lowest BCUT2D eigenvalue weighted by molar-refractivity contribution is 0.514. The van der Waals surface area contributed by atoms with Crippen molar-refractivity contribution in [1.82, 2.24) is 10.2 Å². The van der Waals surface area contributed by atoms with Crippen LogP contribution in [0.3, 0.4) is 0 Å². The van der Waals surface area contributed by atoms with E-state index < -0.39 is 3.79 Å². The minimum atomic E-state index is -1.73. The Balaban J connectivity index is 2.44. The third-order valence-corrected chi connectivity index (χ3v) is 2.59. The van der Waals surface area contributed by atoms with Crippen LogP contribution in [-0.2, 0) is 3.79 Å². The van der Waals surface area contributed by atoms with Gasteiger partial charge in [-0.3, -0.25) is 0 Å². The summed E-state index contributed by atoms with van der Waals surface area (Å²) in [6.45, 7) is 0. The molecule has 7 heteroatoms. The van der Waals surface area contributed by atoms with Gasteiger partial charge >= 0.3 is 0 Å². The Morgan fingerprint density at radius 3 is 2.31 bits per heavy atom. The number of hydrogen-bond acceptors (Lipinski definition) is 3. The normalized spacial score (nSPS) is 11.8. The average Bonchev–Trinajstić information content (AvgIpc) is 2.66. The molecule has 0 aliphatic carbocycles. The van der Waals surface area contributed by atoms with Gasteiger partial charge in [0.2, 0.25) is 5.89 Å². The molecule has 0 saturated heterocycles. The maximum Gasteiger partial charge on any atom is 0.268 e. The molecule has 3 nitrogen and oxygen atoms in total. The molecule has 2 rings (SSSR count). The highest BCUT2D eigenvalue weighted by atomic mass is 35.6. The molecule has 1 aromatic carbocycles. The van der Waals surface area contributed by atoms with Gasteiger partial charge in [-0.2, -0.15) is 0 Å². The number of alkyl halides is 3. The van der Waals surface area contributed by atoms with Crippen molar-refractivity contribution < 1.29 is 4.42 Å². The van der Waals surface area contributed by atoms with Crippen molar-refractivity contribution in [2.24, 2.45) is 0 Å². The van der Waals surface area contributed by atoms with E-state index in [4.69, 9.17) is 50.8 Å². The SMILES string of the molecule is Clc1ccccc1-c1nnc(C(Cl)(Cl)Cl)o1. The molecule has 0 spiro atoms. The lowest BCUT2D eigenvalue weighted by Gasteiger charge is -2.02. The van der Waals surface area contributed by atoms with E-state index in [-0.39, 0.29) is 11.8 Å². The Morgan fingerprint density at radius 1 is 1.06 bits per heavy atom. The Morgan fingerprint density at radius 2 is 1.75 bits per heavy atom. The van der Waals surface area contributed by atoms with Crippen LogP contribution in [0.25, 0.3) is 11.5 Å². The van der Waals surface area contributed by atoms with E-state index in [9.17, 15) is 0 Å². The van der Waals surface area contributed by atoms with Gasteiger partial charge in [0.15, 0.2) is 0 Å². The third kappa shape index (κ3) is 2.43. The molecule has 84 valence electrons. The number of benzene rings is 1. The van der Waals surface area contributed by atoms with Gasteiger partial charge in [-0.25, -0.2) is 0 Å².